The summed E-state index contributed by atoms with van der Waals surface area (Å²) >= 11 is 0. The van der Waals surface area contributed by atoms with Crippen molar-refractivity contribution in [2.75, 3.05) is 5.32 Å². The molecule has 1 atom stereocenters. The molecular formula is C23H22N6O. The average Bonchev–Trinajstić information content (AvgIpc) is 3.52. The summed E-state index contributed by atoms with van der Waals surface area (Å²) in [4.78, 5) is 11.4. The SMILES string of the molecule is CC(C1CC1)n1nccc1Nc1nnc(-c2ccc(C(N)=O)cc2)c2ccccc12. The van der Waals surface area contributed by atoms with Gasteiger partial charge in [-0.3, -0.25) is 4.79 Å². The maximum Gasteiger partial charge on any atom is 0.248 e. The van der Waals surface area contributed by atoms with Crippen LogP contribution in [-0.2, 0) is 0 Å². The maximum absolute atomic E-state index is 11.4. The number of benzene rings is 2. The molecule has 1 unspecified atom stereocenters. The first-order chi connectivity index (χ1) is 14.6. The third-order valence-corrected chi connectivity index (χ3v) is 5.74. The maximum atomic E-state index is 11.4. The number of anilines is 2. The minimum absolute atomic E-state index is 0.352. The van der Waals surface area contributed by atoms with E-state index in [0.717, 1.165) is 27.8 Å². The zero-order valence-corrected chi connectivity index (χ0v) is 16.6. The van der Waals surface area contributed by atoms with Crippen molar-refractivity contribution in [2.24, 2.45) is 11.7 Å². The number of primary amides is 1. The Bertz CT molecular complexity index is 1230. The van der Waals surface area contributed by atoms with Gasteiger partial charge in [0.25, 0.3) is 0 Å². The second-order valence-corrected chi connectivity index (χ2v) is 7.75. The van der Waals surface area contributed by atoms with Crippen molar-refractivity contribution in [3.63, 3.8) is 0 Å². The van der Waals surface area contributed by atoms with Gasteiger partial charge in [-0.25, -0.2) is 4.68 Å². The standard InChI is InChI=1S/C23H22N6O/c1-14(15-6-7-15)29-20(12-13-25-29)26-23-19-5-3-2-4-18(19)21(27-28-23)16-8-10-17(11-9-16)22(24)30/h2-5,8-15H,6-7H2,1H3,(H2,24,30)(H,26,28). The number of carbonyl (C=O) groups is 1. The van der Waals surface area contributed by atoms with E-state index in [9.17, 15) is 4.79 Å². The Hall–Kier alpha value is -3.74. The summed E-state index contributed by atoms with van der Waals surface area (Å²) in [5, 5.41) is 18.9. The topological polar surface area (TPSA) is 98.7 Å². The van der Waals surface area contributed by atoms with Crippen LogP contribution in [0.3, 0.4) is 0 Å². The molecule has 7 heteroatoms. The van der Waals surface area contributed by atoms with E-state index in [0.29, 0.717) is 23.3 Å². The van der Waals surface area contributed by atoms with E-state index in [4.69, 9.17) is 5.73 Å². The van der Waals surface area contributed by atoms with Crippen molar-refractivity contribution in [3.05, 3.63) is 66.4 Å². The first-order valence-corrected chi connectivity index (χ1v) is 10.1. The first-order valence-electron chi connectivity index (χ1n) is 10.1. The van der Waals surface area contributed by atoms with Crippen molar-refractivity contribution < 1.29 is 4.79 Å². The number of nitrogens with two attached hydrogens (primary N) is 1. The van der Waals surface area contributed by atoms with Gasteiger partial charge in [0.05, 0.1) is 12.2 Å². The smallest absolute Gasteiger partial charge is 0.248 e. The molecule has 150 valence electrons. The van der Waals surface area contributed by atoms with Crippen LogP contribution < -0.4 is 11.1 Å². The molecule has 1 aliphatic rings. The third kappa shape index (κ3) is 3.28. The van der Waals surface area contributed by atoms with E-state index in [1.54, 1.807) is 12.1 Å². The molecule has 2 aromatic carbocycles. The highest BCUT2D eigenvalue weighted by molar-refractivity contribution is 6.01. The number of fused-ring (bicyclic) bond motifs is 1. The average molecular weight is 398 g/mol. The number of hydrogen-bond acceptors (Lipinski definition) is 5. The van der Waals surface area contributed by atoms with Crippen LogP contribution in [0.2, 0.25) is 0 Å². The van der Waals surface area contributed by atoms with Crippen molar-refractivity contribution >= 4 is 28.3 Å². The summed E-state index contributed by atoms with van der Waals surface area (Å²) in [5.74, 6) is 1.84. The Labute approximate surface area is 173 Å². The molecule has 4 aromatic rings. The van der Waals surface area contributed by atoms with Crippen LogP contribution in [0.15, 0.2) is 60.8 Å². The predicted octanol–water partition coefficient (Wildman–Crippen LogP) is 4.31. The van der Waals surface area contributed by atoms with Crippen LogP contribution in [0.4, 0.5) is 11.6 Å². The van der Waals surface area contributed by atoms with Gasteiger partial charge in [-0.15, -0.1) is 10.2 Å². The Morgan fingerprint density at radius 2 is 1.80 bits per heavy atom. The van der Waals surface area contributed by atoms with E-state index in [2.05, 4.69) is 27.5 Å². The molecular weight excluding hydrogens is 376 g/mol. The van der Waals surface area contributed by atoms with Gasteiger partial charge in [0, 0.05) is 28.0 Å². The highest BCUT2D eigenvalue weighted by Gasteiger charge is 2.30. The lowest BCUT2D eigenvalue weighted by Crippen LogP contribution is -2.12. The first kappa shape index (κ1) is 18.3. The van der Waals surface area contributed by atoms with Gasteiger partial charge in [-0.1, -0.05) is 36.4 Å². The van der Waals surface area contributed by atoms with Gasteiger partial charge < -0.3 is 11.1 Å². The Morgan fingerprint density at radius 3 is 2.50 bits per heavy atom. The fraction of sp³-hybridized carbons (Fsp3) is 0.217. The van der Waals surface area contributed by atoms with Gasteiger partial charge in [-0.05, 0) is 37.8 Å². The van der Waals surface area contributed by atoms with Gasteiger partial charge >= 0.3 is 0 Å². The molecule has 5 rings (SSSR count). The number of rotatable bonds is 6. The summed E-state index contributed by atoms with van der Waals surface area (Å²) in [6, 6.07) is 17.4. The number of hydrogen-bond donors (Lipinski definition) is 2. The van der Waals surface area contributed by atoms with E-state index >= 15 is 0 Å². The summed E-state index contributed by atoms with van der Waals surface area (Å²) in [6.07, 6.45) is 4.32. The van der Waals surface area contributed by atoms with Crippen LogP contribution in [0, 0.1) is 5.92 Å². The molecule has 0 bridgehead atoms. The fourth-order valence-corrected chi connectivity index (χ4v) is 3.84. The summed E-state index contributed by atoms with van der Waals surface area (Å²) in [7, 11) is 0. The van der Waals surface area contributed by atoms with Gasteiger partial charge in [0.1, 0.15) is 11.5 Å². The van der Waals surface area contributed by atoms with Crippen LogP contribution >= 0.6 is 0 Å². The van der Waals surface area contributed by atoms with E-state index < -0.39 is 5.91 Å². The molecule has 1 fully saturated rings. The molecule has 0 radical (unpaired) electrons. The Morgan fingerprint density at radius 1 is 1.07 bits per heavy atom. The van der Waals surface area contributed by atoms with Crippen molar-refractivity contribution in [2.45, 2.75) is 25.8 Å². The summed E-state index contributed by atoms with van der Waals surface area (Å²) < 4.78 is 2.03. The van der Waals surface area contributed by atoms with Gasteiger partial charge in [-0.2, -0.15) is 5.10 Å². The monoisotopic (exact) mass is 398 g/mol. The molecule has 0 saturated heterocycles. The minimum Gasteiger partial charge on any atom is -0.366 e. The molecule has 0 spiro atoms. The summed E-state index contributed by atoms with van der Waals surface area (Å²) in [6.45, 7) is 2.21. The number of amides is 1. The highest BCUT2D eigenvalue weighted by Crippen LogP contribution is 2.40. The van der Waals surface area contributed by atoms with E-state index in [1.807, 2.05) is 53.3 Å². The minimum atomic E-state index is -0.450. The second-order valence-electron chi connectivity index (χ2n) is 7.75. The molecule has 7 nitrogen and oxygen atoms in total. The van der Waals surface area contributed by atoms with Crippen molar-refractivity contribution in [1.82, 2.24) is 20.0 Å². The molecule has 3 N–H and O–H groups in total. The molecule has 2 aromatic heterocycles. The molecule has 0 aliphatic heterocycles. The fourth-order valence-electron chi connectivity index (χ4n) is 3.84. The van der Waals surface area contributed by atoms with E-state index in [-0.39, 0.29) is 0 Å². The molecule has 1 amide bonds. The van der Waals surface area contributed by atoms with Gasteiger partial charge in [0.2, 0.25) is 5.91 Å². The quantitative estimate of drug-likeness (QED) is 0.504. The van der Waals surface area contributed by atoms with Crippen molar-refractivity contribution in [3.8, 4) is 11.3 Å². The number of aromatic nitrogens is 4. The normalized spacial score (nSPS) is 14.6. The van der Waals surface area contributed by atoms with Crippen LogP contribution in [0.5, 0.6) is 0 Å². The Balaban J connectivity index is 1.53. The highest BCUT2D eigenvalue weighted by atomic mass is 16.1. The molecule has 30 heavy (non-hydrogen) atoms. The molecule has 2 heterocycles. The largest absolute Gasteiger partial charge is 0.366 e. The van der Waals surface area contributed by atoms with E-state index in [1.165, 1.54) is 12.8 Å². The number of nitrogens with one attached hydrogen (secondary N) is 1. The molecule has 1 aliphatic carbocycles. The lowest BCUT2D eigenvalue weighted by Gasteiger charge is -2.16. The van der Waals surface area contributed by atoms with Crippen LogP contribution in [0.1, 0.15) is 36.2 Å². The van der Waals surface area contributed by atoms with Crippen LogP contribution in [0.25, 0.3) is 22.0 Å². The molecule has 1 saturated carbocycles. The zero-order valence-electron chi connectivity index (χ0n) is 16.6. The second kappa shape index (κ2) is 7.26. The third-order valence-electron chi connectivity index (χ3n) is 5.74. The lowest BCUT2D eigenvalue weighted by atomic mass is 10.0. The number of nitrogens with zero attached hydrogens (tertiary/aromatic N) is 4. The zero-order chi connectivity index (χ0) is 20.7. The number of carbonyl (C=O) groups excluding carboxylic acids is 1. The van der Waals surface area contributed by atoms with Gasteiger partial charge in [0.15, 0.2) is 5.82 Å². The predicted molar refractivity (Wildman–Crippen MR) is 116 cm³/mol. The summed E-state index contributed by atoms with van der Waals surface area (Å²) in [5.41, 5.74) is 7.45. The van der Waals surface area contributed by atoms with Crippen LogP contribution in [-0.4, -0.2) is 25.9 Å². The Kier molecular flexibility index (Phi) is 4.43. The van der Waals surface area contributed by atoms with Crippen molar-refractivity contribution in [1.29, 1.82) is 0 Å². The lowest BCUT2D eigenvalue weighted by molar-refractivity contribution is 0.100.